The van der Waals surface area contributed by atoms with Crippen molar-refractivity contribution in [1.82, 2.24) is 10.9 Å². The summed E-state index contributed by atoms with van der Waals surface area (Å²) in [6.07, 6.45) is 1.67. The lowest BCUT2D eigenvalue weighted by atomic mass is 9.78. The van der Waals surface area contributed by atoms with Gasteiger partial charge in [0.1, 0.15) is 24.1 Å². The molecule has 0 radical (unpaired) electrons. The molecule has 10 heteroatoms. The Kier molecular flexibility index (Phi) is 13.1. The first-order valence-electron chi connectivity index (χ1n) is 13.5. The normalized spacial score (nSPS) is 11.7. The van der Waals surface area contributed by atoms with Gasteiger partial charge in [0.15, 0.2) is 0 Å². The molecular weight excluding hydrogens is 536 g/mol. The molecule has 0 saturated carbocycles. The van der Waals surface area contributed by atoms with E-state index in [-0.39, 0.29) is 21.7 Å². The number of nitrogens with one attached hydrogen (secondary N) is 2. The maximum Gasteiger partial charge on any atom is 0.324 e. The van der Waals surface area contributed by atoms with Gasteiger partial charge in [-0.05, 0) is 45.9 Å². The van der Waals surface area contributed by atoms with Gasteiger partial charge in [0.25, 0.3) is 0 Å². The molecule has 10 nitrogen and oxygen atoms in total. The summed E-state index contributed by atoms with van der Waals surface area (Å²) in [5.41, 5.74) is 7.01. The van der Waals surface area contributed by atoms with Crippen LogP contribution in [0.5, 0.6) is 11.5 Å². The number of aromatic hydroxyl groups is 2. The monoisotopic (exact) mass is 586 g/mol. The summed E-state index contributed by atoms with van der Waals surface area (Å²) in [6.45, 7) is 24.4. The van der Waals surface area contributed by atoms with Crippen LogP contribution in [-0.4, -0.2) is 34.6 Å². The van der Waals surface area contributed by atoms with E-state index in [4.69, 9.17) is 0 Å². The van der Waals surface area contributed by atoms with Crippen LogP contribution in [-0.2, 0) is 31.2 Å². The molecule has 0 aliphatic rings. The second-order valence-electron chi connectivity index (χ2n) is 14.1. The molecule has 0 unspecified atom stereocenters. The van der Waals surface area contributed by atoms with Gasteiger partial charge in [-0.1, -0.05) is 83.1 Å². The zero-order valence-corrected chi connectivity index (χ0v) is 27.1. The molecule has 2 aromatic rings. The van der Waals surface area contributed by atoms with E-state index >= 15 is 0 Å². The summed E-state index contributed by atoms with van der Waals surface area (Å²) in [5, 5.41) is 20.7. The third-order valence-electron chi connectivity index (χ3n) is 6.24. The van der Waals surface area contributed by atoms with Gasteiger partial charge in [0.2, 0.25) is 0 Å². The Morgan fingerprint density at radius 3 is 0.857 bits per heavy atom. The van der Waals surface area contributed by atoms with E-state index < -0.39 is 11.8 Å². The van der Waals surface area contributed by atoms with Crippen LogP contribution in [0.15, 0.2) is 24.3 Å². The van der Waals surface area contributed by atoms with E-state index in [1.165, 1.54) is 0 Å². The van der Waals surface area contributed by atoms with E-state index in [0.717, 1.165) is 34.8 Å². The lowest BCUT2D eigenvalue weighted by Gasteiger charge is -2.27. The van der Waals surface area contributed by atoms with Crippen LogP contribution in [0.2, 0.25) is 0 Å². The summed E-state index contributed by atoms with van der Waals surface area (Å²) < 4.78 is 0. The lowest BCUT2D eigenvalue weighted by Crippen LogP contribution is -2.45. The molecule has 0 saturated heterocycles. The number of phenols is 2. The minimum absolute atomic E-state index is 0.177. The fraction of sp³-hybridized carbons (Fsp3) is 0.500. The molecule has 8 N–H and O–H groups in total. The van der Waals surface area contributed by atoms with Crippen LogP contribution < -0.4 is 22.5 Å². The maximum absolute atomic E-state index is 11.0. The van der Waals surface area contributed by atoms with Gasteiger partial charge in [-0.25, -0.2) is 11.7 Å². The van der Waals surface area contributed by atoms with Crippen LogP contribution in [0.4, 0.5) is 0 Å². The first-order chi connectivity index (χ1) is 18.9. The van der Waals surface area contributed by atoms with Crippen LogP contribution in [0, 0.1) is 0 Å². The number of aldehydes is 2. The molecule has 2 aromatic carbocycles. The van der Waals surface area contributed by atoms with Crippen molar-refractivity contribution in [1.29, 1.82) is 0 Å². The van der Waals surface area contributed by atoms with Crippen molar-refractivity contribution in [3.63, 3.8) is 0 Å². The number of nitrogens with two attached hydrogens (primary N) is 2. The van der Waals surface area contributed by atoms with Crippen molar-refractivity contribution in [3.05, 3.63) is 57.6 Å². The summed E-state index contributed by atoms with van der Waals surface area (Å²) in [4.78, 5) is 42.0. The molecule has 0 atom stereocenters. The van der Waals surface area contributed by atoms with Gasteiger partial charge >= 0.3 is 11.8 Å². The van der Waals surface area contributed by atoms with Crippen molar-refractivity contribution in [2.24, 2.45) is 11.7 Å². The topological polar surface area (TPSA) is 185 Å². The number of hydrogen-bond acceptors (Lipinski definition) is 8. The van der Waals surface area contributed by atoms with Gasteiger partial charge in [0, 0.05) is 33.4 Å². The first kappa shape index (κ1) is 38.2. The molecule has 2 amide bonds. The molecule has 0 aromatic heterocycles. The zero-order chi connectivity index (χ0) is 33.4. The number of phenolic OH excluding ortho intramolecular Hbond substituents is 2. The van der Waals surface area contributed by atoms with Crippen LogP contribution in [0.3, 0.4) is 0 Å². The predicted molar refractivity (Wildman–Crippen MR) is 166 cm³/mol. The quantitative estimate of drug-likeness (QED) is 0.0971. The molecule has 2 rings (SSSR count). The molecule has 0 bridgehead atoms. The van der Waals surface area contributed by atoms with E-state index in [1.54, 1.807) is 35.1 Å². The van der Waals surface area contributed by atoms with E-state index in [2.05, 4.69) is 11.7 Å². The summed E-state index contributed by atoms with van der Waals surface area (Å²) in [6, 6.07) is 7.10. The third kappa shape index (κ3) is 10.9. The molecule has 0 spiro atoms. The van der Waals surface area contributed by atoms with Gasteiger partial charge in [-0.2, -0.15) is 0 Å². The lowest BCUT2D eigenvalue weighted by molar-refractivity contribution is -0.139. The van der Waals surface area contributed by atoms with Crippen LogP contribution >= 0.6 is 0 Å². The predicted octanol–water partition coefficient (Wildman–Crippen LogP) is 4.57. The molecule has 234 valence electrons. The number of rotatable bonds is 2. The van der Waals surface area contributed by atoms with Gasteiger partial charge in [0.05, 0.1) is 0 Å². The molecule has 0 heterocycles. The van der Waals surface area contributed by atoms with Gasteiger partial charge < -0.3 is 10.2 Å². The van der Waals surface area contributed by atoms with Crippen molar-refractivity contribution < 1.29 is 29.4 Å². The average molecular weight is 587 g/mol. The number of hydrogen-bond donors (Lipinski definition) is 6. The third-order valence-corrected chi connectivity index (χ3v) is 6.24. The highest BCUT2D eigenvalue weighted by Crippen LogP contribution is 2.40. The fourth-order valence-electron chi connectivity index (χ4n) is 3.87. The molecular formula is C32H50N4O6. The highest BCUT2D eigenvalue weighted by Gasteiger charge is 2.27. The summed E-state index contributed by atoms with van der Waals surface area (Å²) >= 11 is 0. The Bertz CT molecular complexity index is 1100. The van der Waals surface area contributed by atoms with Crippen LogP contribution in [0.25, 0.3) is 0 Å². The van der Waals surface area contributed by atoms with Crippen molar-refractivity contribution in [2.75, 3.05) is 0 Å². The van der Waals surface area contributed by atoms with E-state index in [1.807, 2.05) is 83.1 Å². The number of carbonyl (C=O) groups is 4. The minimum Gasteiger partial charge on any atom is -0.507 e. The molecule has 42 heavy (non-hydrogen) atoms. The Morgan fingerprint density at radius 2 is 0.738 bits per heavy atom. The zero-order valence-electron chi connectivity index (χ0n) is 27.1. The Balaban J connectivity index is 0.000000642. The Labute approximate surface area is 250 Å². The Hall–Kier alpha value is -3.76. The second-order valence-corrected chi connectivity index (χ2v) is 14.1. The van der Waals surface area contributed by atoms with Crippen molar-refractivity contribution in [2.45, 2.75) is 105 Å². The number of amides is 2. The highest BCUT2D eigenvalue weighted by molar-refractivity contribution is 6.34. The average Bonchev–Trinajstić information content (AvgIpc) is 2.86. The number of hydrazine groups is 2. The highest BCUT2D eigenvalue weighted by atomic mass is 16.3. The van der Waals surface area contributed by atoms with Gasteiger partial charge in [-0.3, -0.25) is 30.0 Å². The summed E-state index contributed by atoms with van der Waals surface area (Å²) in [7, 11) is 0. The fourth-order valence-corrected chi connectivity index (χ4v) is 3.87. The Morgan fingerprint density at radius 1 is 0.548 bits per heavy atom. The molecule has 0 fully saturated rings. The van der Waals surface area contributed by atoms with Crippen LogP contribution in [0.1, 0.15) is 126 Å². The molecule has 0 aliphatic carbocycles. The number of benzene rings is 2. The minimum atomic E-state index is -0.965. The van der Waals surface area contributed by atoms with E-state index in [9.17, 15) is 29.4 Å². The SMILES string of the molecule is CC(C)(C)c1cc(C=O)cc(C(C)(C)C)c1O.CC(C)(C)c1cc(C=O)cc(C(C)(C)C)c1O.NNC(=O)C(=O)NN. The second kappa shape index (κ2) is 14.4. The van der Waals surface area contributed by atoms with Gasteiger partial charge in [-0.15, -0.1) is 0 Å². The van der Waals surface area contributed by atoms with Crippen molar-refractivity contribution >= 4 is 24.4 Å². The molecule has 0 aliphatic heterocycles. The maximum atomic E-state index is 11.0. The largest absolute Gasteiger partial charge is 0.507 e. The van der Waals surface area contributed by atoms with Crippen molar-refractivity contribution in [3.8, 4) is 11.5 Å². The standard InChI is InChI=1S/2C15H22O2.C2H6N4O2/c2*1-14(2,3)11-7-10(9-16)8-12(13(11)17)15(4,5)6;3-5-1(7)2(8)6-4/h2*7-9,17H,1-6H3;3-4H2,(H,5,7)(H,6,8). The smallest absolute Gasteiger partial charge is 0.324 e. The number of carbonyl (C=O) groups excluding carboxylic acids is 4. The summed E-state index contributed by atoms with van der Waals surface area (Å²) in [5.74, 6) is 7.77. The first-order valence-corrected chi connectivity index (χ1v) is 13.5. The van der Waals surface area contributed by atoms with E-state index in [0.29, 0.717) is 22.6 Å².